The van der Waals surface area contributed by atoms with Crippen LogP contribution in [0.2, 0.25) is 20.1 Å². The molecule has 0 atom stereocenters. The first kappa shape index (κ1) is 22.2. The summed E-state index contributed by atoms with van der Waals surface area (Å²) in [4.78, 5) is 20.6. The molecule has 0 saturated heterocycles. The van der Waals surface area contributed by atoms with Crippen molar-refractivity contribution < 1.29 is 39.3 Å². The van der Waals surface area contributed by atoms with Gasteiger partial charge in [0.25, 0.3) is 0 Å². The van der Waals surface area contributed by atoms with E-state index in [9.17, 15) is 19.8 Å². The van der Waals surface area contributed by atoms with E-state index in [0.717, 1.165) is 0 Å². The summed E-state index contributed by atoms with van der Waals surface area (Å²) >= 11 is 22.1. The summed E-state index contributed by atoms with van der Waals surface area (Å²) in [5.41, 5.74) is -0.168. The van der Waals surface area contributed by atoms with Gasteiger partial charge in [0.15, 0.2) is 0 Å². The molecular weight excluding hydrogens is 439 g/mol. The van der Waals surface area contributed by atoms with Crippen molar-refractivity contribution in [1.29, 1.82) is 0 Å². The molecule has 0 aliphatic heterocycles. The smallest absolute Gasteiger partial charge is 0.545 e. The van der Waals surface area contributed by atoms with Crippen molar-refractivity contribution in [1.82, 2.24) is 0 Å². The summed E-state index contributed by atoms with van der Waals surface area (Å²) in [6, 6.07) is 8.69. The minimum atomic E-state index is -1.32. The van der Waals surface area contributed by atoms with Crippen molar-refractivity contribution >= 4 is 58.3 Å². The van der Waals surface area contributed by atoms with Crippen LogP contribution >= 0.6 is 46.4 Å². The third kappa shape index (κ3) is 6.29. The monoisotopic (exact) mass is 442 g/mol. The molecule has 0 radical (unpaired) electrons. The minimum absolute atomic E-state index is 0. The van der Waals surface area contributed by atoms with E-state index in [-0.39, 0.29) is 50.7 Å². The number of aromatic carboxylic acids is 2. The Labute approximate surface area is 164 Å². The van der Waals surface area contributed by atoms with Gasteiger partial charge in [0, 0.05) is 11.1 Å². The predicted octanol–water partition coefficient (Wildman–Crippen LogP) is 2.71. The van der Waals surface area contributed by atoms with Crippen molar-refractivity contribution in [2.45, 2.75) is 0 Å². The van der Waals surface area contributed by atoms with Crippen LogP contribution in [0.4, 0.5) is 0 Å². The fraction of sp³-hybridized carbons (Fsp3) is 0. The third-order valence-corrected chi connectivity index (χ3v) is 3.98. The first-order valence-corrected chi connectivity index (χ1v) is 7.07. The maximum Gasteiger partial charge on any atom is 2.00 e. The number of benzene rings is 2. The van der Waals surface area contributed by atoms with Crippen molar-refractivity contribution in [2.24, 2.45) is 0 Å². The van der Waals surface area contributed by atoms with Gasteiger partial charge in [0.05, 0.1) is 32.0 Å². The zero-order chi connectivity index (χ0) is 16.9. The Bertz CT molecular complexity index is 660. The molecule has 0 heterocycles. The van der Waals surface area contributed by atoms with Crippen LogP contribution in [-0.2, 0) is 19.5 Å². The topological polar surface area (TPSA) is 80.3 Å². The number of hydrogen-bond acceptors (Lipinski definition) is 4. The van der Waals surface area contributed by atoms with Crippen molar-refractivity contribution in [3.05, 3.63) is 67.6 Å². The molecule has 2 aromatic carbocycles. The van der Waals surface area contributed by atoms with Gasteiger partial charge < -0.3 is 19.8 Å². The molecule has 9 heteroatoms. The molecule has 0 aromatic heterocycles. The summed E-state index contributed by atoms with van der Waals surface area (Å²) in [5.74, 6) is -2.64. The van der Waals surface area contributed by atoms with Gasteiger partial charge in [-0.3, -0.25) is 0 Å². The zero-order valence-corrected chi connectivity index (χ0v) is 17.3. The van der Waals surface area contributed by atoms with E-state index in [2.05, 4.69) is 0 Å². The van der Waals surface area contributed by atoms with Gasteiger partial charge in [-0.05, 0) is 12.1 Å². The Kier molecular flexibility index (Phi) is 9.75. The molecule has 0 spiro atoms. The van der Waals surface area contributed by atoms with Crippen molar-refractivity contribution in [3.63, 3.8) is 0 Å². The van der Waals surface area contributed by atoms with Crippen LogP contribution in [0.3, 0.4) is 0 Å². The molecule has 0 aliphatic rings. The molecule has 4 nitrogen and oxygen atoms in total. The van der Waals surface area contributed by atoms with Gasteiger partial charge in [-0.1, -0.05) is 70.7 Å². The molecule has 2 rings (SSSR count). The summed E-state index contributed by atoms with van der Waals surface area (Å²) < 4.78 is 0. The number of hydrogen-bond donors (Lipinski definition) is 0. The van der Waals surface area contributed by atoms with E-state index in [1.807, 2.05) is 0 Å². The maximum absolute atomic E-state index is 10.3. The Balaban J connectivity index is 0.000000403. The molecule has 0 unspecified atom stereocenters. The number of carboxylic acids is 2. The number of carbonyl (C=O) groups excluding carboxylic acids is 2. The zero-order valence-electron chi connectivity index (χ0n) is 11.3. The molecule has 0 amide bonds. The van der Waals surface area contributed by atoms with Gasteiger partial charge in [-0.25, -0.2) is 0 Å². The van der Waals surface area contributed by atoms with Crippen molar-refractivity contribution in [2.75, 3.05) is 0 Å². The number of carboxylic acid groups (broad SMARTS) is 2. The first-order valence-electron chi connectivity index (χ1n) is 5.56. The molecule has 0 fully saturated rings. The molecule has 0 N–H and O–H groups in total. The van der Waals surface area contributed by atoms with E-state index in [4.69, 9.17) is 46.4 Å². The molecule has 0 bridgehead atoms. The van der Waals surface area contributed by atoms with E-state index < -0.39 is 11.9 Å². The van der Waals surface area contributed by atoms with Crippen LogP contribution < -0.4 is 10.2 Å². The second kappa shape index (κ2) is 10.1. The first-order chi connectivity index (χ1) is 10.3. The van der Waals surface area contributed by atoms with Crippen LogP contribution in [0, 0.1) is 0 Å². The number of halogens is 4. The molecule has 2 aromatic rings. The Morgan fingerprint density at radius 3 is 1.22 bits per heavy atom. The fourth-order valence-electron chi connectivity index (χ4n) is 1.32. The van der Waals surface area contributed by atoms with Crippen LogP contribution in [0.25, 0.3) is 0 Å². The number of rotatable bonds is 2. The second-order valence-electron chi connectivity index (χ2n) is 3.78. The maximum atomic E-state index is 10.3. The molecule has 0 saturated carbocycles. The molecule has 23 heavy (non-hydrogen) atoms. The van der Waals surface area contributed by atoms with E-state index >= 15 is 0 Å². The summed E-state index contributed by atoms with van der Waals surface area (Å²) in [6.45, 7) is 0. The minimum Gasteiger partial charge on any atom is -0.545 e. The SMILES string of the molecule is O=C([O-])c1cccc(Cl)c1Cl.O=C([O-])c1cccc(Cl)c1Cl.[Zn+2]. The van der Waals surface area contributed by atoms with Gasteiger partial charge in [-0.15, -0.1) is 0 Å². The van der Waals surface area contributed by atoms with E-state index in [1.165, 1.54) is 36.4 Å². The van der Waals surface area contributed by atoms with Crippen LogP contribution in [-0.4, -0.2) is 11.9 Å². The summed E-state index contributed by atoms with van der Waals surface area (Å²) in [7, 11) is 0. The standard InChI is InChI=1S/2C7H4Cl2O2.Zn/c2*8-5-3-1-2-4(6(5)9)7(10)11;/h2*1-3H,(H,10,11);/q;;+2/p-2. The second-order valence-corrected chi connectivity index (χ2v) is 5.35. The van der Waals surface area contributed by atoms with Gasteiger partial charge in [0.2, 0.25) is 0 Å². The van der Waals surface area contributed by atoms with Crippen LogP contribution in [0.1, 0.15) is 20.7 Å². The quantitative estimate of drug-likeness (QED) is 0.666. The summed E-state index contributed by atoms with van der Waals surface area (Å²) in [5, 5.41) is 21.1. The van der Waals surface area contributed by atoms with Crippen LogP contribution in [0.15, 0.2) is 36.4 Å². The average molecular weight is 445 g/mol. The van der Waals surface area contributed by atoms with E-state index in [1.54, 1.807) is 0 Å². The molecular formula is C14H6Cl4O4Zn. The van der Waals surface area contributed by atoms with Gasteiger partial charge >= 0.3 is 19.5 Å². The summed E-state index contributed by atoms with van der Waals surface area (Å²) in [6.07, 6.45) is 0. The predicted molar refractivity (Wildman–Crippen MR) is 81.6 cm³/mol. The van der Waals surface area contributed by atoms with Gasteiger partial charge in [0.1, 0.15) is 0 Å². The molecule has 0 aliphatic carbocycles. The van der Waals surface area contributed by atoms with E-state index in [0.29, 0.717) is 0 Å². The largest absolute Gasteiger partial charge is 2.00 e. The van der Waals surface area contributed by atoms with Crippen molar-refractivity contribution in [3.8, 4) is 0 Å². The third-order valence-electron chi connectivity index (χ3n) is 2.34. The van der Waals surface area contributed by atoms with Gasteiger partial charge in [-0.2, -0.15) is 0 Å². The number of carbonyl (C=O) groups is 2. The molecule has 116 valence electrons. The Morgan fingerprint density at radius 1 is 0.696 bits per heavy atom. The van der Waals surface area contributed by atoms with Crippen LogP contribution in [0.5, 0.6) is 0 Å². The normalized spacial score (nSPS) is 9.22. The fourth-order valence-corrected chi connectivity index (χ4v) is 2.08. The average Bonchev–Trinajstić information content (AvgIpc) is 2.45. The Hall–Kier alpha value is -0.837. The Morgan fingerprint density at radius 2 is 1.00 bits per heavy atom.